The largest absolute Gasteiger partial charge is 0.313 e. The summed E-state index contributed by atoms with van der Waals surface area (Å²) in [6.07, 6.45) is 8.88. The maximum atomic E-state index is 4.07. The highest BCUT2D eigenvalue weighted by molar-refractivity contribution is 5.14. The Morgan fingerprint density at radius 3 is 2.62 bits per heavy atom. The monoisotopic (exact) mass is 218 g/mol. The van der Waals surface area contributed by atoms with Crippen LogP contribution in [0.25, 0.3) is 0 Å². The second-order valence-electron chi connectivity index (χ2n) is 5.22. The van der Waals surface area contributed by atoms with Gasteiger partial charge in [-0.2, -0.15) is 0 Å². The molecule has 1 saturated carbocycles. The molecule has 0 bridgehead atoms. The Bertz CT molecular complexity index is 317. The zero-order chi connectivity index (χ0) is 11.4. The van der Waals surface area contributed by atoms with E-state index in [1.54, 1.807) is 0 Å². The molecule has 1 aliphatic rings. The Balaban J connectivity index is 1.97. The van der Waals surface area contributed by atoms with Crippen molar-refractivity contribution < 1.29 is 0 Å². The van der Waals surface area contributed by atoms with Gasteiger partial charge in [0.25, 0.3) is 0 Å². The first kappa shape index (κ1) is 11.6. The first-order valence-corrected chi connectivity index (χ1v) is 6.37. The third kappa shape index (κ3) is 2.82. The van der Waals surface area contributed by atoms with Crippen molar-refractivity contribution in [3.63, 3.8) is 0 Å². The summed E-state index contributed by atoms with van der Waals surface area (Å²) in [6.45, 7) is 5.76. The van der Waals surface area contributed by atoms with Crippen LogP contribution in [0.1, 0.15) is 38.7 Å². The van der Waals surface area contributed by atoms with Gasteiger partial charge >= 0.3 is 0 Å². The minimum Gasteiger partial charge on any atom is -0.313 e. The first-order valence-electron chi connectivity index (χ1n) is 6.37. The van der Waals surface area contributed by atoms with Crippen LogP contribution >= 0.6 is 0 Å². The van der Waals surface area contributed by atoms with Gasteiger partial charge in [-0.05, 0) is 55.3 Å². The lowest BCUT2D eigenvalue weighted by Crippen LogP contribution is -2.38. The normalized spacial score (nSPS) is 19.4. The molecule has 2 nitrogen and oxygen atoms in total. The molecule has 0 aromatic carbocycles. The van der Waals surface area contributed by atoms with Crippen LogP contribution in [0, 0.1) is 5.41 Å². The number of pyridine rings is 1. The minimum atomic E-state index is 0.540. The van der Waals surface area contributed by atoms with Gasteiger partial charge in [0, 0.05) is 18.4 Å². The van der Waals surface area contributed by atoms with Gasteiger partial charge in [0.05, 0.1) is 0 Å². The van der Waals surface area contributed by atoms with Gasteiger partial charge in [-0.25, -0.2) is 0 Å². The van der Waals surface area contributed by atoms with Gasteiger partial charge in [-0.1, -0.05) is 13.8 Å². The number of aromatic nitrogens is 1. The van der Waals surface area contributed by atoms with Gasteiger partial charge < -0.3 is 5.32 Å². The molecule has 2 heteroatoms. The predicted octanol–water partition coefficient (Wildman–Crippen LogP) is 2.79. The number of nitrogens with one attached hydrogen (secondary N) is 1. The second kappa shape index (κ2) is 4.96. The average Bonchev–Trinajstić information content (AvgIpc) is 3.05. The third-order valence-electron chi connectivity index (χ3n) is 3.71. The molecule has 88 valence electrons. The number of rotatable bonds is 6. The lowest BCUT2D eigenvalue weighted by molar-refractivity contribution is 0.354. The van der Waals surface area contributed by atoms with Crippen molar-refractivity contribution in [2.45, 2.75) is 45.6 Å². The summed E-state index contributed by atoms with van der Waals surface area (Å²) < 4.78 is 0. The molecule has 1 aliphatic carbocycles. The Morgan fingerprint density at radius 1 is 1.38 bits per heavy atom. The summed E-state index contributed by atoms with van der Waals surface area (Å²) >= 11 is 0. The molecule has 0 saturated heterocycles. The summed E-state index contributed by atoms with van der Waals surface area (Å²) in [5.41, 5.74) is 1.94. The third-order valence-corrected chi connectivity index (χ3v) is 3.71. The van der Waals surface area contributed by atoms with Crippen molar-refractivity contribution in [3.8, 4) is 0 Å². The molecule has 1 fully saturated rings. The Labute approximate surface area is 98.5 Å². The number of hydrogen-bond donors (Lipinski definition) is 1. The highest BCUT2D eigenvalue weighted by atomic mass is 14.9. The fourth-order valence-corrected chi connectivity index (χ4v) is 2.18. The highest BCUT2D eigenvalue weighted by Gasteiger charge is 2.44. The first-order chi connectivity index (χ1) is 7.74. The Morgan fingerprint density at radius 2 is 2.06 bits per heavy atom. The van der Waals surface area contributed by atoms with E-state index < -0.39 is 0 Å². The van der Waals surface area contributed by atoms with Crippen molar-refractivity contribution in [2.75, 3.05) is 6.54 Å². The van der Waals surface area contributed by atoms with E-state index in [2.05, 4.69) is 36.3 Å². The molecule has 1 unspecified atom stereocenters. The van der Waals surface area contributed by atoms with Crippen molar-refractivity contribution in [1.29, 1.82) is 0 Å². The van der Waals surface area contributed by atoms with E-state index in [1.165, 1.54) is 24.8 Å². The Hall–Kier alpha value is -0.890. The van der Waals surface area contributed by atoms with Crippen molar-refractivity contribution in [1.82, 2.24) is 10.3 Å². The predicted molar refractivity (Wildman–Crippen MR) is 67.4 cm³/mol. The lowest BCUT2D eigenvalue weighted by Gasteiger charge is -2.25. The average molecular weight is 218 g/mol. The van der Waals surface area contributed by atoms with Gasteiger partial charge in [-0.3, -0.25) is 4.98 Å². The van der Waals surface area contributed by atoms with E-state index >= 15 is 0 Å². The number of nitrogens with zero attached hydrogens (tertiary/aromatic N) is 1. The van der Waals surface area contributed by atoms with Crippen LogP contribution < -0.4 is 5.32 Å². The van der Waals surface area contributed by atoms with Gasteiger partial charge in [0.1, 0.15) is 0 Å². The summed E-state index contributed by atoms with van der Waals surface area (Å²) in [5, 5.41) is 3.70. The SMILES string of the molecule is CCCNC(Cc1ccncc1)C1(C)CC1. The minimum absolute atomic E-state index is 0.540. The van der Waals surface area contributed by atoms with E-state index in [4.69, 9.17) is 0 Å². The highest BCUT2D eigenvalue weighted by Crippen LogP contribution is 2.48. The van der Waals surface area contributed by atoms with Gasteiger partial charge in [0.15, 0.2) is 0 Å². The second-order valence-corrected chi connectivity index (χ2v) is 5.22. The van der Waals surface area contributed by atoms with E-state index in [0.29, 0.717) is 11.5 Å². The van der Waals surface area contributed by atoms with E-state index in [1.807, 2.05) is 12.4 Å². The van der Waals surface area contributed by atoms with Crippen molar-refractivity contribution >= 4 is 0 Å². The molecule has 1 aromatic rings. The van der Waals surface area contributed by atoms with Gasteiger partial charge in [0.2, 0.25) is 0 Å². The summed E-state index contributed by atoms with van der Waals surface area (Å²) in [5.74, 6) is 0. The van der Waals surface area contributed by atoms with E-state index in [0.717, 1.165) is 13.0 Å². The smallest absolute Gasteiger partial charge is 0.0270 e. The molecule has 0 radical (unpaired) electrons. The molecule has 1 aromatic heterocycles. The molecular weight excluding hydrogens is 196 g/mol. The van der Waals surface area contributed by atoms with Crippen LogP contribution in [0.5, 0.6) is 0 Å². The molecule has 2 rings (SSSR count). The maximum Gasteiger partial charge on any atom is 0.0270 e. The summed E-state index contributed by atoms with van der Waals surface area (Å²) in [7, 11) is 0. The van der Waals surface area contributed by atoms with Crippen LogP contribution in [0.15, 0.2) is 24.5 Å². The molecule has 0 spiro atoms. The van der Waals surface area contributed by atoms with E-state index in [-0.39, 0.29) is 0 Å². The fourth-order valence-electron chi connectivity index (χ4n) is 2.18. The van der Waals surface area contributed by atoms with Crippen LogP contribution in [-0.4, -0.2) is 17.6 Å². The zero-order valence-electron chi connectivity index (χ0n) is 10.4. The molecule has 0 amide bonds. The fraction of sp³-hybridized carbons (Fsp3) is 0.643. The Kier molecular flexibility index (Phi) is 3.59. The van der Waals surface area contributed by atoms with Crippen LogP contribution in [0.3, 0.4) is 0 Å². The maximum absolute atomic E-state index is 4.07. The van der Waals surface area contributed by atoms with Crippen molar-refractivity contribution in [2.24, 2.45) is 5.41 Å². The molecular formula is C14H22N2. The van der Waals surface area contributed by atoms with E-state index in [9.17, 15) is 0 Å². The van der Waals surface area contributed by atoms with Crippen LogP contribution in [-0.2, 0) is 6.42 Å². The molecule has 1 atom stereocenters. The van der Waals surface area contributed by atoms with Crippen LogP contribution in [0.4, 0.5) is 0 Å². The lowest BCUT2D eigenvalue weighted by atomic mass is 9.92. The summed E-state index contributed by atoms with van der Waals surface area (Å²) in [6, 6.07) is 4.90. The standard InChI is InChI=1S/C14H22N2/c1-3-8-16-13(14(2)6-7-14)11-12-4-9-15-10-5-12/h4-5,9-10,13,16H,3,6-8,11H2,1-2H3. The summed E-state index contributed by atoms with van der Waals surface area (Å²) in [4.78, 5) is 4.07. The molecule has 1 heterocycles. The number of hydrogen-bond acceptors (Lipinski definition) is 2. The van der Waals surface area contributed by atoms with Crippen LogP contribution in [0.2, 0.25) is 0 Å². The molecule has 1 N–H and O–H groups in total. The van der Waals surface area contributed by atoms with Crippen molar-refractivity contribution in [3.05, 3.63) is 30.1 Å². The zero-order valence-corrected chi connectivity index (χ0v) is 10.4. The topological polar surface area (TPSA) is 24.9 Å². The molecule has 0 aliphatic heterocycles. The molecule has 16 heavy (non-hydrogen) atoms. The quantitative estimate of drug-likeness (QED) is 0.794. The van der Waals surface area contributed by atoms with Gasteiger partial charge in [-0.15, -0.1) is 0 Å².